The van der Waals surface area contributed by atoms with Crippen LogP contribution in [-0.4, -0.2) is 76.1 Å². The zero-order valence-electron chi connectivity index (χ0n) is 20.0. The molecule has 3 rings (SSSR count). The first kappa shape index (κ1) is 27.1. The van der Waals surface area contributed by atoms with Crippen LogP contribution in [0.25, 0.3) is 0 Å². The highest BCUT2D eigenvalue weighted by Crippen LogP contribution is 2.30. The Morgan fingerprint density at radius 3 is 2.59 bits per heavy atom. The van der Waals surface area contributed by atoms with Crippen LogP contribution in [0.5, 0.6) is 5.75 Å². The number of aryl methyl sites for hydroxylation is 1. The average molecular weight is 561 g/mol. The van der Waals surface area contributed by atoms with Gasteiger partial charge in [-0.15, -0.1) is 24.0 Å². The Bertz CT molecular complexity index is 704. The Hall–Kier alpha value is -1.10. The summed E-state index contributed by atoms with van der Waals surface area (Å²) in [6, 6.07) is 6.33. The van der Waals surface area contributed by atoms with E-state index in [2.05, 4.69) is 45.6 Å². The number of likely N-dealkylation sites (tertiary alicyclic amines) is 1. The molecule has 2 saturated heterocycles. The fraction of sp³-hybridized carbons (Fsp3) is 0.708. The highest BCUT2D eigenvalue weighted by Gasteiger charge is 2.39. The molecule has 1 aromatic rings. The van der Waals surface area contributed by atoms with E-state index in [1.54, 1.807) is 0 Å². The van der Waals surface area contributed by atoms with E-state index in [-0.39, 0.29) is 29.5 Å². The number of guanidine groups is 1. The fourth-order valence-corrected chi connectivity index (χ4v) is 4.49. The van der Waals surface area contributed by atoms with Crippen LogP contribution in [0, 0.1) is 6.92 Å². The first-order valence-corrected chi connectivity index (χ1v) is 11.7. The predicted molar refractivity (Wildman–Crippen MR) is 140 cm³/mol. The summed E-state index contributed by atoms with van der Waals surface area (Å²) in [7, 11) is 1.83. The molecular formula is C24H41IN4O3. The molecule has 2 N–H and O–H groups in total. The van der Waals surface area contributed by atoms with E-state index < -0.39 is 0 Å². The molecule has 8 heteroatoms. The zero-order valence-corrected chi connectivity index (χ0v) is 22.3. The summed E-state index contributed by atoms with van der Waals surface area (Å²) in [4.78, 5) is 7.13. The largest absolute Gasteiger partial charge is 0.491 e. The molecule has 2 aliphatic rings. The summed E-state index contributed by atoms with van der Waals surface area (Å²) in [5, 5.41) is 7.07. The second kappa shape index (κ2) is 14.2. The second-order valence-corrected chi connectivity index (χ2v) is 8.47. The summed E-state index contributed by atoms with van der Waals surface area (Å²) in [5.41, 5.74) is 2.47. The molecule has 0 unspecified atom stereocenters. The third-order valence-corrected chi connectivity index (χ3v) is 6.37. The Kier molecular flexibility index (Phi) is 12.1. The van der Waals surface area contributed by atoms with Crippen LogP contribution in [0.3, 0.4) is 0 Å². The van der Waals surface area contributed by atoms with Crippen molar-refractivity contribution < 1.29 is 14.2 Å². The van der Waals surface area contributed by atoms with Gasteiger partial charge in [-0.3, -0.25) is 9.89 Å². The van der Waals surface area contributed by atoms with Gasteiger partial charge in [0, 0.05) is 51.1 Å². The lowest BCUT2D eigenvalue weighted by atomic mass is 9.88. The molecule has 2 heterocycles. The standard InChI is InChI=1S/C24H40N4O3.HI/c1-4-29-15-16-31-22-17-20(2)7-8-21(22)18-26-23(25-3)27-19-24(9-13-30-14-10-24)28-11-5-6-12-28;/h7-8,17H,4-6,9-16,18-19H2,1-3H3,(H2,25,26,27);1H. The molecule has 0 aliphatic carbocycles. The average Bonchev–Trinajstić information content (AvgIpc) is 3.34. The lowest BCUT2D eigenvalue weighted by Gasteiger charge is -2.45. The Labute approximate surface area is 210 Å². The van der Waals surface area contributed by atoms with Crippen LogP contribution in [0.4, 0.5) is 0 Å². The molecule has 0 aromatic heterocycles. The van der Waals surface area contributed by atoms with Crippen LogP contribution >= 0.6 is 24.0 Å². The number of hydrogen-bond donors (Lipinski definition) is 2. The van der Waals surface area contributed by atoms with Crippen molar-refractivity contribution in [1.29, 1.82) is 0 Å². The normalized spacial score (nSPS) is 18.8. The van der Waals surface area contributed by atoms with Crippen molar-refractivity contribution >= 4 is 29.9 Å². The molecule has 7 nitrogen and oxygen atoms in total. The van der Waals surface area contributed by atoms with E-state index >= 15 is 0 Å². The van der Waals surface area contributed by atoms with Crippen molar-refractivity contribution in [3.05, 3.63) is 29.3 Å². The van der Waals surface area contributed by atoms with Gasteiger partial charge in [-0.2, -0.15) is 0 Å². The van der Waals surface area contributed by atoms with Gasteiger partial charge in [0.25, 0.3) is 0 Å². The number of rotatable bonds is 10. The molecule has 0 spiro atoms. The van der Waals surface area contributed by atoms with E-state index in [0.717, 1.165) is 49.9 Å². The van der Waals surface area contributed by atoms with Crippen LogP contribution in [0.15, 0.2) is 23.2 Å². The smallest absolute Gasteiger partial charge is 0.191 e. The highest BCUT2D eigenvalue weighted by atomic mass is 127. The van der Waals surface area contributed by atoms with Gasteiger partial charge in [0.05, 0.1) is 6.61 Å². The number of hydrogen-bond acceptors (Lipinski definition) is 5. The van der Waals surface area contributed by atoms with Crippen LogP contribution in [0.1, 0.15) is 43.7 Å². The van der Waals surface area contributed by atoms with E-state index in [9.17, 15) is 0 Å². The van der Waals surface area contributed by atoms with Gasteiger partial charge < -0.3 is 24.8 Å². The topological polar surface area (TPSA) is 67.4 Å². The van der Waals surface area contributed by atoms with Gasteiger partial charge in [0.2, 0.25) is 0 Å². The maximum absolute atomic E-state index is 5.98. The monoisotopic (exact) mass is 560 g/mol. The summed E-state index contributed by atoms with van der Waals surface area (Å²) in [6.45, 7) is 11.6. The van der Waals surface area contributed by atoms with Crippen molar-refractivity contribution in [2.45, 2.75) is 51.6 Å². The van der Waals surface area contributed by atoms with Crippen molar-refractivity contribution in [2.75, 3.05) is 59.7 Å². The van der Waals surface area contributed by atoms with Crippen LogP contribution < -0.4 is 15.4 Å². The molecule has 1 aromatic carbocycles. The molecule has 0 radical (unpaired) electrons. The summed E-state index contributed by atoms with van der Waals surface area (Å²) in [6.07, 6.45) is 4.75. The quantitative estimate of drug-likeness (QED) is 0.198. The second-order valence-electron chi connectivity index (χ2n) is 8.47. The Morgan fingerprint density at radius 1 is 1.16 bits per heavy atom. The maximum atomic E-state index is 5.98. The number of benzene rings is 1. The Balaban J connectivity index is 0.00000363. The summed E-state index contributed by atoms with van der Waals surface area (Å²) >= 11 is 0. The molecule has 2 aliphatic heterocycles. The lowest BCUT2D eigenvalue weighted by Crippen LogP contribution is -2.58. The van der Waals surface area contributed by atoms with Gasteiger partial charge in [0.15, 0.2) is 5.96 Å². The first-order chi connectivity index (χ1) is 15.2. The number of aliphatic imine (C=N–C) groups is 1. The van der Waals surface area contributed by atoms with E-state index in [1.165, 1.54) is 31.5 Å². The molecule has 32 heavy (non-hydrogen) atoms. The zero-order chi connectivity index (χ0) is 21.9. The number of nitrogens with one attached hydrogen (secondary N) is 2. The number of halogens is 1. The summed E-state index contributed by atoms with van der Waals surface area (Å²) < 4.78 is 17.0. The molecule has 0 atom stereocenters. The minimum atomic E-state index is 0. The summed E-state index contributed by atoms with van der Waals surface area (Å²) in [5.74, 6) is 1.73. The van der Waals surface area contributed by atoms with Crippen molar-refractivity contribution in [2.24, 2.45) is 4.99 Å². The van der Waals surface area contributed by atoms with Gasteiger partial charge >= 0.3 is 0 Å². The molecule has 2 fully saturated rings. The number of ether oxygens (including phenoxy) is 3. The van der Waals surface area contributed by atoms with E-state index in [1.807, 2.05) is 14.0 Å². The molecule has 0 saturated carbocycles. The minimum Gasteiger partial charge on any atom is -0.491 e. The minimum absolute atomic E-state index is 0. The van der Waals surface area contributed by atoms with Crippen molar-refractivity contribution in [3.63, 3.8) is 0 Å². The maximum Gasteiger partial charge on any atom is 0.191 e. The van der Waals surface area contributed by atoms with E-state index in [4.69, 9.17) is 14.2 Å². The highest BCUT2D eigenvalue weighted by molar-refractivity contribution is 14.0. The van der Waals surface area contributed by atoms with Crippen LogP contribution in [-0.2, 0) is 16.0 Å². The molecule has 182 valence electrons. The lowest BCUT2D eigenvalue weighted by molar-refractivity contribution is -0.0164. The third kappa shape index (κ3) is 7.74. The molecule has 0 bridgehead atoms. The van der Waals surface area contributed by atoms with Gasteiger partial charge in [-0.1, -0.05) is 12.1 Å². The van der Waals surface area contributed by atoms with Gasteiger partial charge in [-0.25, -0.2) is 0 Å². The van der Waals surface area contributed by atoms with Crippen molar-refractivity contribution in [3.8, 4) is 5.75 Å². The van der Waals surface area contributed by atoms with Crippen LogP contribution in [0.2, 0.25) is 0 Å². The predicted octanol–water partition coefficient (Wildman–Crippen LogP) is 3.34. The van der Waals surface area contributed by atoms with Gasteiger partial charge in [-0.05, 0) is 64.3 Å². The number of nitrogens with zero attached hydrogens (tertiary/aromatic N) is 2. The third-order valence-electron chi connectivity index (χ3n) is 6.37. The molecule has 0 amide bonds. The van der Waals surface area contributed by atoms with Crippen molar-refractivity contribution in [1.82, 2.24) is 15.5 Å². The SMILES string of the molecule is CCOCCOc1cc(C)ccc1CNC(=NC)NCC1(N2CCCC2)CCOCC1.I. The first-order valence-electron chi connectivity index (χ1n) is 11.7. The fourth-order valence-electron chi connectivity index (χ4n) is 4.49. The Morgan fingerprint density at radius 2 is 1.91 bits per heavy atom. The molecular weight excluding hydrogens is 519 g/mol. The van der Waals surface area contributed by atoms with Gasteiger partial charge in [0.1, 0.15) is 12.4 Å². The van der Waals surface area contributed by atoms with E-state index in [0.29, 0.717) is 26.4 Å².